The second kappa shape index (κ2) is 8.32. The van der Waals surface area contributed by atoms with Gasteiger partial charge in [0.25, 0.3) is 0 Å². The number of amides is 1. The van der Waals surface area contributed by atoms with Crippen LogP contribution in [0.25, 0.3) is 0 Å². The van der Waals surface area contributed by atoms with Gasteiger partial charge in [-0.05, 0) is 20.3 Å². The van der Waals surface area contributed by atoms with Crippen LogP contribution in [0.15, 0.2) is 17.3 Å². The molecule has 0 radical (unpaired) electrons. The SMILES string of the molecule is C=C(C)C(=O)OCCNC(=O)O/N=C(\C)CC. The summed E-state index contributed by atoms with van der Waals surface area (Å²) in [5.41, 5.74) is 1.03. The first kappa shape index (κ1) is 15.2. The Hall–Kier alpha value is -1.85. The molecule has 0 aromatic heterocycles. The molecule has 1 amide bonds. The molecule has 0 fully saturated rings. The van der Waals surface area contributed by atoms with E-state index >= 15 is 0 Å². The zero-order valence-electron chi connectivity index (χ0n) is 10.4. The molecule has 0 aliphatic rings. The van der Waals surface area contributed by atoms with Crippen LogP contribution in [-0.2, 0) is 14.4 Å². The minimum absolute atomic E-state index is 0.0667. The third-order valence-corrected chi connectivity index (χ3v) is 1.75. The maximum Gasteiger partial charge on any atom is 0.433 e. The largest absolute Gasteiger partial charge is 0.460 e. The second-order valence-corrected chi connectivity index (χ2v) is 3.40. The van der Waals surface area contributed by atoms with Crippen LogP contribution in [0.4, 0.5) is 4.79 Å². The quantitative estimate of drug-likeness (QED) is 0.192. The molecule has 0 unspecified atom stereocenters. The highest BCUT2D eigenvalue weighted by atomic mass is 16.7. The summed E-state index contributed by atoms with van der Waals surface area (Å²) in [4.78, 5) is 26.5. The Bertz CT molecular complexity index is 323. The molecule has 0 saturated heterocycles. The van der Waals surface area contributed by atoms with E-state index in [0.717, 1.165) is 0 Å². The molecule has 96 valence electrons. The average molecular weight is 242 g/mol. The fourth-order valence-electron chi connectivity index (χ4n) is 0.636. The number of rotatable bonds is 6. The highest BCUT2D eigenvalue weighted by Gasteiger charge is 2.04. The first-order valence-electron chi connectivity index (χ1n) is 5.28. The summed E-state index contributed by atoms with van der Waals surface area (Å²) in [6.07, 6.45) is 0.0351. The molecule has 6 nitrogen and oxygen atoms in total. The Morgan fingerprint density at radius 3 is 2.53 bits per heavy atom. The van der Waals surface area contributed by atoms with Gasteiger partial charge in [-0.1, -0.05) is 18.7 Å². The molecule has 0 bridgehead atoms. The van der Waals surface area contributed by atoms with Gasteiger partial charge in [-0.25, -0.2) is 9.59 Å². The second-order valence-electron chi connectivity index (χ2n) is 3.40. The van der Waals surface area contributed by atoms with Gasteiger partial charge in [0.05, 0.1) is 12.3 Å². The van der Waals surface area contributed by atoms with E-state index in [1.54, 1.807) is 13.8 Å². The summed E-state index contributed by atoms with van der Waals surface area (Å²) in [5, 5.41) is 5.95. The topological polar surface area (TPSA) is 77.0 Å². The lowest BCUT2D eigenvalue weighted by Gasteiger charge is -2.05. The summed E-state index contributed by atoms with van der Waals surface area (Å²) in [7, 11) is 0. The molecule has 17 heavy (non-hydrogen) atoms. The molecule has 0 spiro atoms. The van der Waals surface area contributed by atoms with E-state index in [1.807, 2.05) is 6.92 Å². The molecular formula is C11H18N2O4. The summed E-state index contributed by atoms with van der Waals surface area (Å²) in [6.45, 7) is 8.85. The van der Waals surface area contributed by atoms with E-state index in [1.165, 1.54) is 0 Å². The molecule has 0 rings (SSSR count). The smallest absolute Gasteiger partial charge is 0.433 e. The molecule has 0 aromatic rings. The van der Waals surface area contributed by atoms with Gasteiger partial charge in [-0.2, -0.15) is 0 Å². The Morgan fingerprint density at radius 1 is 1.35 bits per heavy atom. The number of oxime groups is 1. The third-order valence-electron chi connectivity index (χ3n) is 1.75. The number of carbonyl (C=O) groups is 2. The van der Waals surface area contributed by atoms with E-state index in [0.29, 0.717) is 17.7 Å². The van der Waals surface area contributed by atoms with E-state index in [4.69, 9.17) is 4.74 Å². The zero-order chi connectivity index (χ0) is 13.3. The van der Waals surface area contributed by atoms with E-state index in [-0.39, 0.29) is 13.2 Å². The Morgan fingerprint density at radius 2 is 2.00 bits per heavy atom. The molecule has 0 aliphatic carbocycles. The zero-order valence-corrected chi connectivity index (χ0v) is 10.4. The van der Waals surface area contributed by atoms with Crippen molar-refractivity contribution in [3.05, 3.63) is 12.2 Å². The standard InChI is InChI=1S/C11H18N2O4/c1-5-9(4)13-17-11(15)12-6-7-16-10(14)8(2)3/h2,5-7H2,1,3-4H3,(H,12,15)/b13-9+. The van der Waals surface area contributed by atoms with Crippen molar-refractivity contribution in [2.75, 3.05) is 13.2 Å². The summed E-state index contributed by atoms with van der Waals surface area (Å²) >= 11 is 0. The molecule has 0 aliphatic heterocycles. The first-order chi connectivity index (χ1) is 7.97. The molecule has 0 atom stereocenters. The highest BCUT2D eigenvalue weighted by molar-refractivity contribution is 5.86. The predicted octanol–water partition coefficient (Wildman–Crippen LogP) is 1.62. The lowest BCUT2D eigenvalue weighted by Crippen LogP contribution is -2.27. The van der Waals surface area contributed by atoms with Crippen LogP contribution in [0.1, 0.15) is 27.2 Å². The van der Waals surface area contributed by atoms with Crippen LogP contribution < -0.4 is 5.32 Å². The van der Waals surface area contributed by atoms with Gasteiger partial charge in [0.1, 0.15) is 6.61 Å². The van der Waals surface area contributed by atoms with Gasteiger partial charge in [-0.3, -0.25) is 4.84 Å². The Kier molecular flexibility index (Phi) is 7.41. The number of hydrogen-bond donors (Lipinski definition) is 1. The molecule has 1 N–H and O–H groups in total. The molecular weight excluding hydrogens is 224 g/mol. The van der Waals surface area contributed by atoms with Crippen molar-refractivity contribution in [1.82, 2.24) is 5.32 Å². The fraction of sp³-hybridized carbons (Fsp3) is 0.545. The van der Waals surface area contributed by atoms with Crippen molar-refractivity contribution in [1.29, 1.82) is 0 Å². The van der Waals surface area contributed by atoms with Crippen molar-refractivity contribution in [3.63, 3.8) is 0 Å². The number of hydrogen-bond acceptors (Lipinski definition) is 5. The lowest BCUT2D eigenvalue weighted by atomic mass is 10.3. The summed E-state index contributed by atoms with van der Waals surface area (Å²) < 4.78 is 4.76. The average Bonchev–Trinajstić information content (AvgIpc) is 2.30. The predicted molar refractivity (Wildman–Crippen MR) is 63.7 cm³/mol. The van der Waals surface area contributed by atoms with Gasteiger partial charge in [0, 0.05) is 5.57 Å². The van der Waals surface area contributed by atoms with Crippen molar-refractivity contribution < 1.29 is 19.2 Å². The molecule has 0 aromatic carbocycles. The van der Waals surface area contributed by atoms with Gasteiger partial charge in [0.15, 0.2) is 0 Å². The first-order valence-corrected chi connectivity index (χ1v) is 5.28. The molecule has 0 heterocycles. The van der Waals surface area contributed by atoms with E-state index < -0.39 is 12.1 Å². The van der Waals surface area contributed by atoms with Gasteiger partial charge < -0.3 is 10.1 Å². The van der Waals surface area contributed by atoms with Crippen molar-refractivity contribution >= 4 is 17.8 Å². The van der Waals surface area contributed by atoms with Crippen molar-refractivity contribution in [2.24, 2.45) is 5.16 Å². The minimum Gasteiger partial charge on any atom is -0.460 e. The van der Waals surface area contributed by atoms with Crippen LogP contribution in [0.2, 0.25) is 0 Å². The summed E-state index contributed by atoms with van der Waals surface area (Å²) in [6, 6.07) is 0. The number of nitrogens with zero attached hydrogens (tertiary/aromatic N) is 1. The summed E-state index contributed by atoms with van der Waals surface area (Å²) in [5.74, 6) is -0.486. The number of ether oxygens (including phenoxy) is 1. The van der Waals surface area contributed by atoms with Crippen LogP contribution >= 0.6 is 0 Å². The van der Waals surface area contributed by atoms with E-state index in [9.17, 15) is 9.59 Å². The number of esters is 1. The van der Waals surface area contributed by atoms with Crippen LogP contribution in [0.3, 0.4) is 0 Å². The van der Waals surface area contributed by atoms with Crippen molar-refractivity contribution in [3.8, 4) is 0 Å². The molecule has 6 heteroatoms. The van der Waals surface area contributed by atoms with Crippen molar-refractivity contribution in [2.45, 2.75) is 27.2 Å². The fourth-order valence-corrected chi connectivity index (χ4v) is 0.636. The van der Waals surface area contributed by atoms with E-state index in [2.05, 4.69) is 21.9 Å². The van der Waals surface area contributed by atoms with Gasteiger partial charge in [0.2, 0.25) is 0 Å². The maximum absolute atomic E-state index is 11.0. The van der Waals surface area contributed by atoms with Crippen LogP contribution in [0, 0.1) is 0 Å². The molecule has 0 saturated carbocycles. The van der Waals surface area contributed by atoms with Gasteiger partial charge in [-0.15, -0.1) is 0 Å². The van der Waals surface area contributed by atoms with Gasteiger partial charge >= 0.3 is 12.1 Å². The highest BCUT2D eigenvalue weighted by Crippen LogP contribution is 1.91. The Balaban J connectivity index is 3.66. The number of carbonyl (C=O) groups excluding carboxylic acids is 2. The van der Waals surface area contributed by atoms with Crippen LogP contribution in [-0.4, -0.2) is 30.9 Å². The number of nitrogens with one attached hydrogen (secondary N) is 1. The normalized spacial score (nSPS) is 10.6. The van der Waals surface area contributed by atoms with Crippen LogP contribution in [0.5, 0.6) is 0 Å². The lowest BCUT2D eigenvalue weighted by molar-refractivity contribution is -0.138. The third kappa shape index (κ3) is 8.01. The maximum atomic E-state index is 11.0. The minimum atomic E-state index is -0.677. The monoisotopic (exact) mass is 242 g/mol. The Labute approximate surface area is 101 Å².